The molecule has 0 aliphatic carbocycles. The third kappa shape index (κ3) is 8.06. The fraction of sp³-hybridized carbons (Fsp3) is 0.379. The predicted molar refractivity (Wildman–Crippen MR) is 157 cm³/mol. The van der Waals surface area contributed by atoms with E-state index in [-0.39, 0.29) is 27.2 Å². The number of aromatic carboxylic acids is 2. The molecule has 2 N–H and O–H groups in total. The van der Waals surface area contributed by atoms with Gasteiger partial charge in [0.1, 0.15) is 0 Å². The zero-order valence-electron chi connectivity index (χ0n) is 22.3. The second kappa shape index (κ2) is 14.1. The summed E-state index contributed by atoms with van der Waals surface area (Å²) in [5, 5.41) is 18.8. The number of carbonyl (C=O) groups is 3. The molecule has 1 fully saturated rings. The Labute approximate surface area is 238 Å². The van der Waals surface area contributed by atoms with Crippen molar-refractivity contribution < 1.29 is 34.1 Å². The average molecular weight is 572 g/mol. The van der Waals surface area contributed by atoms with Crippen LogP contribution < -0.4 is 14.4 Å². The second-order valence-corrected chi connectivity index (χ2v) is 10.8. The molecule has 1 aliphatic heterocycles. The molecule has 0 spiro atoms. The van der Waals surface area contributed by atoms with Crippen molar-refractivity contribution in [2.75, 3.05) is 11.5 Å². The van der Waals surface area contributed by atoms with Gasteiger partial charge in [-0.05, 0) is 68.7 Å². The molecule has 1 saturated heterocycles. The maximum Gasteiger partial charge on any atom is 0.335 e. The van der Waals surface area contributed by atoms with E-state index in [0.717, 1.165) is 35.6 Å². The molecule has 1 heterocycles. The third-order valence-corrected chi connectivity index (χ3v) is 7.37. The average Bonchev–Trinajstić information content (AvgIpc) is 3.17. The molecule has 1 aliphatic rings. The van der Waals surface area contributed by atoms with Crippen LogP contribution in [0, 0.1) is 0 Å². The van der Waals surface area contributed by atoms with Gasteiger partial charge in [-0.1, -0.05) is 62.7 Å². The van der Waals surface area contributed by atoms with Crippen LogP contribution in [0.3, 0.4) is 0 Å². The number of benzene rings is 2. The zero-order chi connectivity index (χ0) is 28.5. The number of carboxylic acid groups (broad SMARTS) is 2. The van der Waals surface area contributed by atoms with Gasteiger partial charge in [-0.3, -0.25) is 9.69 Å². The standard InChI is InChI=1S/C29H33NO7S2/c1-4-6-7-8-9-10-18(3)37-23-12-11-19(13-24(23)36-5-2)14-25-26(31)30(29(38)39-25)22-16-20(27(32)33)15-21(17-22)28(34)35/h11-18H,4-10H2,1-3H3,(H,32,33)(H,34,35). The minimum absolute atomic E-state index is 0.0326. The lowest BCUT2D eigenvalue weighted by molar-refractivity contribution is -0.113. The van der Waals surface area contributed by atoms with Crippen LogP contribution in [0.1, 0.15) is 85.6 Å². The molecule has 0 aromatic heterocycles. The summed E-state index contributed by atoms with van der Waals surface area (Å²) >= 11 is 6.44. The summed E-state index contributed by atoms with van der Waals surface area (Å²) in [6.07, 6.45) is 8.65. The number of carboxylic acids is 2. The lowest BCUT2D eigenvalue weighted by Gasteiger charge is -2.18. The first-order chi connectivity index (χ1) is 18.6. The van der Waals surface area contributed by atoms with Crippen molar-refractivity contribution >= 4 is 57.9 Å². The quantitative estimate of drug-likeness (QED) is 0.140. The maximum atomic E-state index is 13.3. The number of hydrogen-bond acceptors (Lipinski definition) is 7. The van der Waals surface area contributed by atoms with Crippen LogP contribution in [0.2, 0.25) is 0 Å². The molecule has 0 saturated carbocycles. The highest BCUT2D eigenvalue weighted by Crippen LogP contribution is 2.38. The van der Waals surface area contributed by atoms with E-state index in [1.807, 2.05) is 26.0 Å². The Morgan fingerprint density at radius 3 is 2.28 bits per heavy atom. The summed E-state index contributed by atoms with van der Waals surface area (Å²) in [5.41, 5.74) is 0.273. The van der Waals surface area contributed by atoms with E-state index < -0.39 is 17.8 Å². The minimum Gasteiger partial charge on any atom is -0.490 e. The molecule has 10 heteroatoms. The molecule has 0 bridgehead atoms. The van der Waals surface area contributed by atoms with Gasteiger partial charge < -0.3 is 19.7 Å². The van der Waals surface area contributed by atoms with Crippen molar-refractivity contribution in [2.45, 2.75) is 65.4 Å². The van der Waals surface area contributed by atoms with Gasteiger partial charge in [0.05, 0.1) is 34.4 Å². The SMILES string of the molecule is CCCCCCCC(C)Oc1ccc(C=C2SC(=S)N(c3cc(C(=O)O)cc(C(=O)O)c3)C2=O)cc1OCC. The number of hydrogen-bond donors (Lipinski definition) is 2. The number of carbonyl (C=O) groups excluding carboxylic acids is 1. The molecule has 3 rings (SSSR count). The van der Waals surface area contributed by atoms with Gasteiger partial charge in [0, 0.05) is 0 Å². The molecule has 1 atom stereocenters. The number of anilines is 1. The van der Waals surface area contributed by atoms with Crippen LogP contribution >= 0.6 is 24.0 Å². The normalized spacial score (nSPS) is 15.1. The van der Waals surface area contributed by atoms with E-state index in [4.69, 9.17) is 21.7 Å². The van der Waals surface area contributed by atoms with Gasteiger partial charge in [0.2, 0.25) is 0 Å². The van der Waals surface area contributed by atoms with Crippen LogP contribution in [-0.4, -0.2) is 45.1 Å². The summed E-state index contributed by atoms with van der Waals surface area (Å²) < 4.78 is 12.1. The van der Waals surface area contributed by atoms with Gasteiger partial charge in [-0.25, -0.2) is 9.59 Å². The Bertz CT molecular complexity index is 1240. The van der Waals surface area contributed by atoms with Gasteiger partial charge >= 0.3 is 11.9 Å². The predicted octanol–water partition coefficient (Wildman–Crippen LogP) is 7.02. The number of nitrogens with zero attached hydrogens (tertiary/aromatic N) is 1. The van der Waals surface area contributed by atoms with Crippen LogP contribution in [0.15, 0.2) is 41.3 Å². The molecule has 1 unspecified atom stereocenters. The first kappa shape index (κ1) is 30.2. The summed E-state index contributed by atoms with van der Waals surface area (Å²) in [4.78, 5) is 37.8. The molecule has 0 radical (unpaired) electrons. The highest BCUT2D eigenvalue weighted by Gasteiger charge is 2.34. The molecule has 208 valence electrons. The molecule has 39 heavy (non-hydrogen) atoms. The number of unbranched alkanes of at least 4 members (excludes halogenated alkanes) is 4. The van der Waals surface area contributed by atoms with E-state index >= 15 is 0 Å². The Morgan fingerprint density at radius 2 is 1.67 bits per heavy atom. The topological polar surface area (TPSA) is 113 Å². The smallest absolute Gasteiger partial charge is 0.335 e. The number of rotatable bonds is 14. The maximum absolute atomic E-state index is 13.3. The van der Waals surface area contributed by atoms with Gasteiger partial charge in [0.15, 0.2) is 15.8 Å². The number of ether oxygens (including phenoxy) is 2. The monoisotopic (exact) mass is 571 g/mol. The number of thiocarbonyl (C=S) groups is 1. The molecular weight excluding hydrogens is 538 g/mol. The van der Waals surface area contributed by atoms with Crippen molar-refractivity contribution in [1.82, 2.24) is 0 Å². The van der Waals surface area contributed by atoms with Crippen LogP contribution in [0.5, 0.6) is 11.5 Å². The van der Waals surface area contributed by atoms with Crippen LogP contribution in [0.4, 0.5) is 5.69 Å². The van der Waals surface area contributed by atoms with Crippen LogP contribution in [0.25, 0.3) is 6.08 Å². The highest BCUT2D eigenvalue weighted by molar-refractivity contribution is 8.27. The molecule has 8 nitrogen and oxygen atoms in total. The molecule has 1 amide bonds. The largest absolute Gasteiger partial charge is 0.490 e. The van der Waals surface area contributed by atoms with E-state index in [1.165, 1.54) is 37.8 Å². The van der Waals surface area contributed by atoms with Gasteiger partial charge in [0.25, 0.3) is 5.91 Å². The first-order valence-electron chi connectivity index (χ1n) is 13.0. The van der Waals surface area contributed by atoms with Gasteiger partial charge in [-0.2, -0.15) is 0 Å². The molecule has 2 aromatic carbocycles. The first-order valence-corrected chi connectivity index (χ1v) is 14.2. The van der Waals surface area contributed by atoms with Crippen molar-refractivity contribution in [2.24, 2.45) is 0 Å². The Kier molecular flexibility index (Phi) is 10.9. The Hall–Kier alpha value is -3.37. The lowest BCUT2D eigenvalue weighted by atomic mass is 10.1. The number of amides is 1. The van der Waals surface area contributed by atoms with Gasteiger partial charge in [-0.15, -0.1) is 0 Å². The van der Waals surface area contributed by atoms with Crippen molar-refractivity contribution in [1.29, 1.82) is 0 Å². The van der Waals surface area contributed by atoms with Crippen molar-refractivity contribution in [3.05, 3.63) is 58.0 Å². The van der Waals surface area contributed by atoms with E-state index in [2.05, 4.69) is 6.92 Å². The molecule has 2 aromatic rings. The zero-order valence-corrected chi connectivity index (χ0v) is 23.9. The molecular formula is C29H33NO7S2. The Morgan fingerprint density at radius 1 is 1.00 bits per heavy atom. The Balaban J connectivity index is 1.81. The summed E-state index contributed by atoms with van der Waals surface area (Å²) in [5.74, 6) is -1.89. The third-order valence-electron chi connectivity index (χ3n) is 6.07. The van der Waals surface area contributed by atoms with E-state index in [9.17, 15) is 24.6 Å². The van der Waals surface area contributed by atoms with Crippen molar-refractivity contribution in [3.63, 3.8) is 0 Å². The fourth-order valence-corrected chi connectivity index (χ4v) is 5.42. The van der Waals surface area contributed by atoms with Crippen molar-refractivity contribution in [3.8, 4) is 11.5 Å². The second-order valence-electron chi connectivity index (χ2n) is 9.17. The summed E-state index contributed by atoms with van der Waals surface area (Å²) in [6.45, 7) is 6.57. The van der Waals surface area contributed by atoms with E-state index in [0.29, 0.717) is 28.6 Å². The summed E-state index contributed by atoms with van der Waals surface area (Å²) in [7, 11) is 0. The fourth-order valence-electron chi connectivity index (χ4n) is 4.12. The highest BCUT2D eigenvalue weighted by atomic mass is 32.2. The lowest BCUT2D eigenvalue weighted by Crippen LogP contribution is -2.28. The summed E-state index contributed by atoms with van der Waals surface area (Å²) in [6, 6.07) is 8.94. The van der Waals surface area contributed by atoms with E-state index in [1.54, 1.807) is 12.1 Å². The number of thioether (sulfide) groups is 1. The van der Waals surface area contributed by atoms with Crippen LogP contribution in [-0.2, 0) is 4.79 Å². The minimum atomic E-state index is -1.31.